The van der Waals surface area contributed by atoms with E-state index in [1.54, 1.807) is 23.6 Å². The third-order valence-corrected chi connectivity index (χ3v) is 4.31. The Bertz CT molecular complexity index is 622. The number of hydrogen-bond acceptors (Lipinski definition) is 6. The Hall–Kier alpha value is -2.13. The fraction of sp³-hybridized carbons (Fsp3) is 0.667. The van der Waals surface area contributed by atoms with E-state index < -0.39 is 5.79 Å². The summed E-state index contributed by atoms with van der Waals surface area (Å²) in [5, 5.41) is 6.65. The Morgan fingerprint density at radius 2 is 1.75 bits per heavy atom. The summed E-state index contributed by atoms with van der Waals surface area (Å²) in [6, 6.07) is -0.268. The number of rotatable bonds is 1. The molecular weight excluding hydrogens is 316 g/mol. The van der Waals surface area contributed by atoms with E-state index in [0.717, 1.165) is 0 Å². The molecule has 24 heavy (non-hydrogen) atoms. The molecular formula is C15H22N4O5. The fourth-order valence-corrected chi connectivity index (χ4v) is 2.99. The topological polar surface area (TPSA) is 97.1 Å². The van der Waals surface area contributed by atoms with Crippen LogP contribution in [0.2, 0.25) is 0 Å². The predicted octanol–water partition coefficient (Wildman–Crippen LogP) is 0.731. The fourth-order valence-electron chi connectivity index (χ4n) is 2.99. The molecule has 0 aromatic carbocycles. The van der Waals surface area contributed by atoms with Crippen LogP contribution in [0.3, 0.4) is 0 Å². The maximum atomic E-state index is 12.6. The summed E-state index contributed by atoms with van der Waals surface area (Å²) >= 11 is 0. The van der Waals surface area contributed by atoms with Crippen molar-refractivity contribution in [2.75, 3.05) is 44.7 Å². The Morgan fingerprint density at radius 1 is 1.12 bits per heavy atom. The van der Waals surface area contributed by atoms with Crippen LogP contribution in [0.15, 0.2) is 4.52 Å². The maximum Gasteiger partial charge on any atom is 0.322 e. The van der Waals surface area contributed by atoms with E-state index in [1.165, 1.54) is 6.92 Å². The molecule has 2 saturated heterocycles. The van der Waals surface area contributed by atoms with Crippen LogP contribution in [0.25, 0.3) is 0 Å². The van der Waals surface area contributed by atoms with Crippen LogP contribution in [-0.4, -0.2) is 72.1 Å². The normalized spacial score (nSPS) is 24.3. The van der Waals surface area contributed by atoms with E-state index >= 15 is 0 Å². The summed E-state index contributed by atoms with van der Waals surface area (Å²) in [6.07, 6.45) is 0. The van der Waals surface area contributed by atoms with E-state index in [4.69, 9.17) is 14.0 Å². The number of carbonyl (C=O) groups is 2. The lowest BCUT2D eigenvalue weighted by atomic mass is 10.1. The van der Waals surface area contributed by atoms with Crippen LogP contribution in [0.1, 0.15) is 18.4 Å². The lowest BCUT2D eigenvalue weighted by Gasteiger charge is -2.47. The van der Waals surface area contributed by atoms with Crippen molar-refractivity contribution in [3.05, 3.63) is 11.5 Å². The second kappa shape index (κ2) is 6.40. The molecule has 1 unspecified atom stereocenters. The zero-order chi connectivity index (χ0) is 17.3. The highest BCUT2D eigenvalue weighted by Gasteiger charge is 2.44. The summed E-state index contributed by atoms with van der Waals surface area (Å²) in [5.41, 5.74) is 1.20. The molecule has 0 bridgehead atoms. The van der Waals surface area contributed by atoms with Crippen molar-refractivity contribution in [3.63, 3.8) is 0 Å². The molecule has 1 aromatic heterocycles. The molecule has 2 fully saturated rings. The van der Waals surface area contributed by atoms with Crippen molar-refractivity contribution in [2.45, 2.75) is 26.6 Å². The van der Waals surface area contributed by atoms with E-state index in [9.17, 15) is 9.59 Å². The van der Waals surface area contributed by atoms with Gasteiger partial charge < -0.3 is 29.1 Å². The Labute approximate surface area is 139 Å². The second-order valence-electron chi connectivity index (χ2n) is 6.10. The first-order valence-electron chi connectivity index (χ1n) is 7.92. The highest BCUT2D eigenvalue weighted by atomic mass is 16.7. The summed E-state index contributed by atoms with van der Waals surface area (Å²) < 4.78 is 16.6. The predicted molar refractivity (Wildman–Crippen MR) is 83.5 cm³/mol. The number of hydrogen-bond donors (Lipinski definition) is 1. The highest BCUT2D eigenvalue weighted by molar-refractivity contribution is 5.90. The number of amides is 3. The van der Waals surface area contributed by atoms with Crippen molar-refractivity contribution in [3.8, 4) is 0 Å². The Morgan fingerprint density at radius 3 is 2.33 bits per heavy atom. The molecule has 1 spiro atoms. The quantitative estimate of drug-likeness (QED) is 0.811. The minimum atomic E-state index is -0.960. The molecule has 2 aliphatic heterocycles. The van der Waals surface area contributed by atoms with E-state index in [2.05, 4.69) is 10.5 Å². The number of nitrogens with zero attached hydrogens (tertiary/aromatic N) is 3. The molecule has 1 N–H and O–H groups in total. The van der Waals surface area contributed by atoms with Crippen LogP contribution in [0, 0.1) is 13.8 Å². The van der Waals surface area contributed by atoms with Crippen LogP contribution in [0.5, 0.6) is 0 Å². The van der Waals surface area contributed by atoms with Gasteiger partial charge in [-0.05, 0) is 13.8 Å². The third kappa shape index (κ3) is 3.22. The van der Waals surface area contributed by atoms with Gasteiger partial charge in [0.1, 0.15) is 11.4 Å². The van der Waals surface area contributed by atoms with Gasteiger partial charge >= 0.3 is 6.03 Å². The summed E-state index contributed by atoms with van der Waals surface area (Å²) in [5.74, 6) is -0.433. The van der Waals surface area contributed by atoms with Gasteiger partial charge in [0, 0.05) is 20.0 Å². The number of ether oxygens (including phenoxy) is 2. The smallest absolute Gasteiger partial charge is 0.322 e. The molecule has 0 aliphatic carbocycles. The number of carbonyl (C=O) groups excluding carboxylic acids is 2. The SMILES string of the molecule is CC(=O)N1CCOC2(C1)CN(C(=O)Nc1c(C)noc1C)CCO2. The van der Waals surface area contributed by atoms with Crippen LogP contribution >= 0.6 is 0 Å². The molecule has 132 valence electrons. The number of urea groups is 1. The van der Waals surface area contributed by atoms with E-state index in [0.29, 0.717) is 50.0 Å². The number of nitrogens with one attached hydrogen (secondary N) is 1. The Balaban J connectivity index is 1.69. The van der Waals surface area contributed by atoms with Crippen molar-refractivity contribution in [2.24, 2.45) is 0 Å². The third-order valence-electron chi connectivity index (χ3n) is 4.31. The molecule has 9 heteroatoms. The van der Waals surface area contributed by atoms with E-state index in [1.807, 2.05) is 0 Å². The summed E-state index contributed by atoms with van der Waals surface area (Å²) in [7, 11) is 0. The first-order chi connectivity index (χ1) is 11.4. The summed E-state index contributed by atoms with van der Waals surface area (Å²) in [6.45, 7) is 7.31. The van der Waals surface area contributed by atoms with Crippen LogP contribution < -0.4 is 5.32 Å². The van der Waals surface area contributed by atoms with Crippen molar-refractivity contribution >= 4 is 17.6 Å². The van der Waals surface area contributed by atoms with Gasteiger partial charge in [0.25, 0.3) is 0 Å². The molecule has 2 aliphatic rings. The van der Waals surface area contributed by atoms with Crippen LogP contribution in [-0.2, 0) is 14.3 Å². The zero-order valence-corrected chi connectivity index (χ0v) is 14.1. The van der Waals surface area contributed by atoms with Gasteiger partial charge in [-0.25, -0.2) is 4.79 Å². The average molecular weight is 338 g/mol. The standard InChI is InChI=1S/C15H22N4O5/c1-10-13(11(2)24-17-10)16-14(21)19-5-7-23-15(9-19)8-18(12(3)20)4-6-22-15/h4-9H2,1-3H3,(H,16,21). The van der Waals surface area contributed by atoms with Gasteiger partial charge in [-0.3, -0.25) is 4.79 Å². The van der Waals surface area contributed by atoms with Crippen LogP contribution in [0.4, 0.5) is 10.5 Å². The molecule has 3 rings (SSSR count). The van der Waals surface area contributed by atoms with Crippen molar-refractivity contribution < 1.29 is 23.6 Å². The molecule has 1 aromatic rings. The number of aromatic nitrogens is 1. The van der Waals surface area contributed by atoms with Gasteiger partial charge in [-0.15, -0.1) is 0 Å². The van der Waals surface area contributed by atoms with Crippen molar-refractivity contribution in [1.29, 1.82) is 0 Å². The minimum Gasteiger partial charge on any atom is -0.359 e. The van der Waals surface area contributed by atoms with Gasteiger partial charge in [-0.2, -0.15) is 0 Å². The van der Waals surface area contributed by atoms with Gasteiger partial charge in [0.15, 0.2) is 5.76 Å². The lowest BCUT2D eigenvalue weighted by molar-refractivity contribution is -0.284. The first-order valence-corrected chi connectivity index (χ1v) is 7.92. The molecule has 3 amide bonds. The minimum absolute atomic E-state index is 0.0291. The average Bonchev–Trinajstić information content (AvgIpc) is 2.87. The lowest BCUT2D eigenvalue weighted by Crippen LogP contribution is -2.64. The summed E-state index contributed by atoms with van der Waals surface area (Å²) in [4.78, 5) is 27.5. The van der Waals surface area contributed by atoms with Gasteiger partial charge in [-0.1, -0.05) is 5.16 Å². The largest absolute Gasteiger partial charge is 0.359 e. The zero-order valence-electron chi connectivity index (χ0n) is 14.1. The molecule has 1 atom stereocenters. The monoisotopic (exact) mass is 338 g/mol. The van der Waals surface area contributed by atoms with Crippen molar-refractivity contribution in [1.82, 2.24) is 15.0 Å². The second-order valence-corrected chi connectivity index (χ2v) is 6.10. The van der Waals surface area contributed by atoms with E-state index in [-0.39, 0.29) is 18.5 Å². The number of aryl methyl sites for hydroxylation is 2. The molecule has 0 saturated carbocycles. The molecule has 9 nitrogen and oxygen atoms in total. The number of morpholine rings is 2. The molecule has 3 heterocycles. The number of anilines is 1. The Kier molecular flexibility index (Phi) is 4.46. The van der Waals surface area contributed by atoms with Gasteiger partial charge in [0.2, 0.25) is 11.7 Å². The van der Waals surface area contributed by atoms with Gasteiger partial charge in [0.05, 0.1) is 26.3 Å². The molecule has 0 radical (unpaired) electrons. The first kappa shape index (κ1) is 16.7. The maximum absolute atomic E-state index is 12.6. The highest BCUT2D eigenvalue weighted by Crippen LogP contribution is 2.26.